The van der Waals surface area contributed by atoms with E-state index < -0.39 is 0 Å². The van der Waals surface area contributed by atoms with Crippen LogP contribution < -0.4 is 10.5 Å². The fraction of sp³-hybridized carbons (Fsp3) is 0.333. The molecule has 2 heterocycles. The molecule has 0 spiro atoms. The van der Waals surface area contributed by atoms with Gasteiger partial charge in [-0.05, 0) is 22.0 Å². The fourth-order valence-corrected chi connectivity index (χ4v) is 2.37. The highest BCUT2D eigenvalue weighted by molar-refractivity contribution is 9.10. The molecule has 1 saturated heterocycles. The van der Waals surface area contributed by atoms with Crippen molar-refractivity contribution in [1.29, 1.82) is 0 Å². The predicted octanol–water partition coefficient (Wildman–Crippen LogP) is 2.14. The minimum Gasteiger partial charge on any atom is -0.486 e. The van der Waals surface area contributed by atoms with Gasteiger partial charge < -0.3 is 15.2 Å². The van der Waals surface area contributed by atoms with E-state index in [1.54, 1.807) is 0 Å². The topological polar surface area (TPSA) is 70.3 Å². The van der Waals surface area contributed by atoms with Gasteiger partial charge >= 0.3 is 0 Å². The molecule has 1 fully saturated rings. The average molecular weight is 310 g/mol. The number of anilines is 1. The predicted molar refractivity (Wildman–Crippen MR) is 71.5 cm³/mol. The van der Waals surface area contributed by atoms with Crippen molar-refractivity contribution in [3.05, 3.63) is 23.1 Å². The second-order valence-electron chi connectivity index (χ2n) is 4.18. The van der Waals surface area contributed by atoms with Crippen LogP contribution in [0.15, 0.2) is 23.1 Å². The van der Waals surface area contributed by atoms with E-state index in [-0.39, 0.29) is 6.10 Å². The Morgan fingerprint density at radius 2 is 2.28 bits per heavy atom. The van der Waals surface area contributed by atoms with Crippen LogP contribution in [0.5, 0.6) is 5.75 Å². The number of halogens is 1. The third kappa shape index (κ3) is 2.13. The summed E-state index contributed by atoms with van der Waals surface area (Å²) in [4.78, 5) is 8.28. The lowest BCUT2D eigenvalue weighted by molar-refractivity contribution is 0.142. The lowest BCUT2D eigenvalue weighted by atomic mass is 10.2. The van der Waals surface area contributed by atoms with Crippen LogP contribution in [0.1, 0.15) is 6.42 Å². The van der Waals surface area contributed by atoms with Crippen LogP contribution in [0.4, 0.5) is 5.69 Å². The van der Waals surface area contributed by atoms with E-state index >= 15 is 0 Å². The first-order valence-electron chi connectivity index (χ1n) is 5.68. The molecule has 1 unspecified atom stereocenters. The summed E-state index contributed by atoms with van der Waals surface area (Å²) in [7, 11) is 0. The Labute approximate surface area is 112 Å². The molecule has 1 aliphatic rings. The van der Waals surface area contributed by atoms with E-state index in [1.807, 2.05) is 12.1 Å². The monoisotopic (exact) mass is 309 g/mol. The molecule has 1 aromatic carbocycles. The van der Waals surface area contributed by atoms with Gasteiger partial charge in [-0.25, -0.2) is 9.97 Å². The van der Waals surface area contributed by atoms with Crippen LogP contribution in [-0.4, -0.2) is 29.3 Å². The van der Waals surface area contributed by atoms with E-state index in [0.29, 0.717) is 18.0 Å². The van der Waals surface area contributed by atoms with Gasteiger partial charge in [0, 0.05) is 17.9 Å². The number of nitrogens with zero attached hydrogens (tertiary/aromatic N) is 2. The smallest absolute Gasteiger partial charge is 0.144 e. The van der Waals surface area contributed by atoms with Crippen molar-refractivity contribution in [2.45, 2.75) is 12.5 Å². The second-order valence-corrected chi connectivity index (χ2v) is 4.93. The number of hydrogen-bond donors (Lipinski definition) is 1. The average Bonchev–Trinajstić information content (AvgIpc) is 2.84. The number of hydrogen-bond acceptors (Lipinski definition) is 5. The summed E-state index contributed by atoms with van der Waals surface area (Å²) in [6, 6.07) is 3.67. The van der Waals surface area contributed by atoms with Crippen molar-refractivity contribution >= 4 is 32.5 Å². The molecular formula is C12H12BrN3O2. The zero-order valence-corrected chi connectivity index (χ0v) is 11.2. The number of aromatic nitrogens is 2. The van der Waals surface area contributed by atoms with E-state index in [0.717, 1.165) is 28.5 Å². The Morgan fingerprint density at radius 3 is 3.06 bits per heavy atom. The molecule has 3 rings (SSSR count). The van der Waals surface area contributed by atoms with E-state index in [9.17, 15) is 0 Å². The molecule has 1 aliphatic heterocycles. The molecule has 2 aromatic rings. The summed E-state index contributed by atoms with van der Waals surface area (Å²) in [6.07, 6.45) is 2.48. The minimum atomic E-state index is 0.0787. The molecule has 0 aliphatic carbocycles. The van der Waals surface area contributed by atoms with Gasteiger partial charge in [0.15, 0.2) is 0 Å². The van der Waals surface area contributed by atoms with Crippen molar-refractivity contribution in [3.8, 4) is 5.75 Å². The van der Waals surface area contributed by atoms with Gasteiger partial charge in [0.05, 0.1) is 24.4 Å². The number of nitrogen functional groups attached to an aromatic ring is 1. The Hall–Kier alpha value is -1.40. The van der Waals surface area contributed by atoms with Gasteiger partial charge in [-0.2, -0.15) is 0 Å². The number of fused-ring (bicyclic) bond motifs is 1. The third-order valence-electron chi connectivity index (χ3n) is 2.90. The van der Waals surface area contributed by atoms with Crippen LogP contribution in [0.2, 0.25) is 0 Å². The molecule has 0 amide bonds. The standard InChI is InChI=1S/C12H12BrN3O2/c13-12-8-3-9(14)11(4-10(8)15-6-16-12)18-7-1-2-17-5-7/h3-4,6-7H,1-2,5,14H2. The molecule has 0 bridgehead atoms. The molecule has 0 radical (unpaired) electrons. The van der Waals surface area contributed by atoms with Gasteiger partial charge in [-0.1, -0.05) is 0 Å². The summed E-state index contributed by atoms with van der Waals surface area (Å²) < 4.78 is 11.8. The summed E-state index contributed by atoms with van der Waals surface area (Å²) in [6.45, 7) is 1.36. The van der Waals surface area contributed by atoms with Crippen LogP contribution in [0.3, 0.4) is 0 Å². The first-order chi connectivity index (χ1) is 8.74. The van der Waals surface area contributed by atoms with Crippen molar-refractivity contribution < 1.29 is 9.47 Å². The molecule has 1 aromatic heterocycles. The molecule has 1 atom stereocenters. The summed E-state index contributed by atoms with van der Waals surface area (Å²) >= 11 is 3.38. The number of nitrogens with two attached hydrogens (primary N) is 1. The maximum absolute atomic E-state index is 5.99. The number of ether oxygens (including phenoxy) is 2. The van der Waals surface area contributed by atoms with Crippen LogP contribution in [-0.2, 0) is 4.74 Å². The first-order valence-corrected chi connectivity index (χ1v) is 6.47. The van der Waals surface area contributed by atoms with E-state index in [4.69, 9.17) is 15.2 Å². The SMILES string of the molecule is Nc1cc2c(Br)ncnc2cc1OC1CCOC1. The fourth-order valence-electron chi connectivity index (χ4n) is 1.96. The van der Waals surface area contributed by atoms with Crippen molar-refractivity contribution in [3.63, 3.8) is 0 Å². The first kappa shape index (κ1) is 11.7. The highest BCUT2D eigenvalue weighted by Gasteiger charge is 2.18. The Bertz CT molecular complexity index is 585. The normalized spacial score (nSPS) is 19.3. The van der Waals surface area contributed by atoms with Crippen molar-refractivity contribution in [1.82, 2.24) is 9.97 Å². The lowest BCUT2D eigenvalue weighted by Crippen LogP contribution is -2.16. The maximum Gasteiger partial charge on any atom is 0.144 e. The van der Waals surface area contributed by atoms with Crippen LogP contribution in [0.25, 0.3) is 10.9 Å². The molecule has 94 valence electrons. The Kier molecular flexibility index (Phi) is 3.05. The highest BCUT2D eigenvalue weighted by Crippen LogP contribution is 2.31. The Balaban J connectivity index is 1.99. The third-order valence-corrected chi connectivity index (χ3v) is 3.53. The van der Waals surface area contributed by atoms with Gasteiger partial charge in [0.1, 0.15) is 22.8 Å². The molecule has 6 heteroatoms. The lowest BCUT2D eigenvalue weighted by Gasteiger charge is -2.14. The number of rotatable bonds is 2. The molecule has 2 N–H and O–H groups in total. The van der Waals surface area contributed by atoms with Crippen molar-refractivity contribution in [2.24, 2.45) is 0 Å². The summed E-state index contributed by atoms with van der Waals surface area (Å²) in [5, 5.41) is 0.880. The zero-order valence-electron chi connectivity index (χ0n) is 9.60. The second kappa shape index (κ2) is 4.70. The molecule has 5 nitrogen and oxygen atoms in total. The molecule has 18 heavy (non-hydrogen) atoms. The Morgan fingerprint density at radius 1 is 1.39 bits per heavy atom. The van der Waals surface area contributed by atoms with Crippen molar-refractivity contribution in [2.75, 3.05) is 18.9 Å². The van der Waals surface area contributed by atoms with Gasteiger partial charge in [-0.15, -0.1) is 0 Å². The summed E-state index contributed by atoms with van der Waals surface area (Å²) in [5.74, 6) is 0.656. The maximum atomic E-state index is 5.99. The van der Waals surface area contributed by atoms with Gasteiger partial charge in [0.2, 0.25) is 0 Å². The van der Waals surface area contributed by atoms with Crippen LogP contribution >= 0.6 is 15.9 Å². The van der Waals surface area contributed by atoms with E-state index in [1.165, 1.54) is 6.33 Å². The highest BCUT2D eigenvalue weighted by atomic mass is 79.9. The zero-order chi connectivity index (χ0) is 12.5. The quantitative estimate of drug-likeness (QED) is 0.680. The minimum absolute atomic E-state index is 0.0787. The van der Waals surface area contributed by atoms with Gasteiger partial charge in [-0.3, -0.25) is 0 Å². The molecular weight excluding hydrogens is 298 g/mol. The van der Waals surface area contributed by atoms with Gasteiger partial charge in [0.25, 0.3) is 0 Å². The van der Waals surface area contributed by atoms with E-state index in [2.05, 4.69) is 25.9 Å². The summed E-state index contributed by atoms with van der Waals surface area (Å²) in [5.41, 5.74) is 7.38. The van der Waals surface area contributed by atoms with Crippen LogP contribution in [0, 0.1) is 0 Å². The largest absolute Gasteiger partial charge is 0.486 e. The molecule has 0 saturated carbocycles. The number of benzene rings is 1.